The van der Waals surface area contributed by atoms with Crippen molar-refractivity contribution < 1.29 is 4.74 Å². The van der Waals surface area contributed by atoms with Crippen LogP contribution in [0.2, 0.25) is 0 Å². The molecule has 0 aliphatic rings. The first kappa shape index (κ1) is 19.8. The molecule has 0 aliphatic heterocycles. The van der Waals surface area contributed by atoms with Crippen LogP contribution in [-0.2, 0) is 6.54 Å². The minimum absolute atomic E-state index is 0.0773. The highest BCUT2D eigenvalue weighted by Crippen LogP contribution is 2.34. The summed E-state index contributed by atoms with van der Waals surface area (Å²) >= 11 is 2.76. The smallest absolute Gasteiger partial charge is 0.187 e. The molecule has 0 aliphatic carbocycles. The second-order valence-electron chi connectivity index (χ2n) is 6.84. The van der Waals surface area contributed by atoms with E-state index in [1.54, 1.807) is 11.3 Å². The van der Waals surface area contributed by atoms with Crippen molar-refractivity contribution in [3.63, 3.8) is 0 Å². The molecule has 29 heavy (non-hydrogen) atoms. The lowest BCUT2D eigenvalue weighted by molar-refractivity contribution is 0.243. The van der Waals surface area contributed by atoms with Gasteiger partial charge in [-0.25, -0.2) is 9.97 Å². The number of hydrogen-bond acceptors (Lipinski definition) is 7. The zero-order valence-electron chi connectivity index (χ0n) is 16.5. The maximum atomic E-state index is 5.92. The van der Waals surface area contributed by atoms with E-state index in [2.05, 4.69) is 40.0 Å². The highest BCUT2D eigenvalue weighted by molar-refractivity contribution is 7.97. The molecule has 3 N–H and O–H groups in total. The van der Waals surface area contributed by atoms with Crippen LogP contribution in [0.5, 0.6) is 5.75 Å². The Labute approximate surface area is 178 Å². The van der Waals surface area contributed by atoms with Crippen LogP contribution >= 0.6 is 23.3 Å². The Balaban J connectivity index is 1.61. The molecule has 0 unspecified atom stereocenters. The zero-order valence-corrected chi connectivity index (χ0v) is 18.2. The van der Waals surface area contributed by atoms with Crippen molar-refractivity contribution in [3.05, 3.63) is 48.1 Å². The number of fused-ring (bicyclic) bond motifs is 1. The van der Waals surface area contributed by atoms with E-state index in [1.807, 2.05) is 43.8 Å². The number of benzene rings is 2. The number of ether oxygens (including phenoxy) is 1. The Hall–Kier alpha value is -2.55. The number of nitrogens with one attached hydrogen (secondary N) is 1. The highest BCUT2D eigenvalue weighted by atomic mass is 32.2. The number of thiazole rings is 1. The second kappa shape index (κ2) is 8.44. The molecule has 150 valence electrons. The van der Waals surface area contributed by atoms with Crippen molar-refractivity contribution in [2.45, 2.75) is 38.3 Å². The van der Waals surface area contributed by atoms with Crippen molar-refractivity contribution >= 4 is 45.1 Å². The predicted octanol–water partition coefficient (Wildman–Crippen LogP) is 5.68. The van der Waals surface area contributed by atoms with Crippen LogP contribution in [0.1, 0.15) is 20.8 Å². The van der Waals surface area contributed by atoms with Gasteiger partial charge in [0, 0.05) is 22.4 Å². The van der Waals surface area contributed by atoms with Gasteiger partial charge in [0.1, 0.15) is 5.75 Å². The molecule has 6 nitrogen and oxygen atoms in total. The molecule has 2 aromatic carbocycles. The molecule has 0 bridgehead atoms. The first-order chi connectivity index (χ1) is 14.1. The lowest BCUT2D eigenvalue weighted by Crippen LogP contribution is -2.07. The lowest BCUT2D eigenvalue weighted by atomic mass is 10.1. The largest absolute Gasteiger partial charge is 0.489 e. The van der Waals surface area contributed by atoms with E-state index in [-0.39, 0.29) is 6.10 Å². The van der Waals surface area contributed by atoms with Gasteiger partial charge < -0.3 is 14.6 Å². The van der Waals surface area contributed by atoms with Gasteiger partial charge in [0.15, 0.2) is 5.13 Å². The monoisotopic (exact) mass is 425 g/mol. The summed E-state index contributed by atoms with van der Waals surface area (Å²) in [6.45, 7) is 7.03. The Morgan fingerprint density at radius 1 is 1.24 bits per heavy atom. The average Bonchev–Trinajstić information content (AvgIpc) is 3.35. The summed E-state index contributed by atoms with van der Waals surface area (Å²) in [6.07, 6.45) is 1.95. The summed E-state index contributed by atoms with van der Waals surface area (Å²) in [7, 11) is 0. The van der Waals surface area contributed by atoms with E-state index in [9.17, 15) is 0 Å². The minimum atomic E-state index is 0.0773. The number of rotatable bonds is 7. The van der Waals surface area contributed by atoms with Crippen LogP contribution < -0.4 is 15.2 Å². The molecule has 4 rings (SSSR count). The van der Waals surface area contributed by atoms with Crippen LogP contribution in [0.4, 0.5) is 10.8 Å². The third kappa shape index (κ3) is 4.24. The second-order valence-corrected chi connectivity index (χ2v) is 8.40. The van der Waals surface area contributed by atoms with Gasteiger partial charge >= 0.3 is 0 Å². The van der Waals surface area contributed by atoms with Crippen molar-refractivity contribution in [1.29, 1.82) is 0 Å². The normalized spacial score (nSPS) is 11.3. The van der Waals surface area contributed by atoms with Crippen LogP contribution in [0, 0.1) is 0 Å². The third-order valence-electron chi connectivity index (χ3n) is 4.45. The van der Waals surface area contributed by atoms with Gasteiger partial charge in [-0.3, -0.25) is 5.14 Å². The molecule has 4 aromatic rings. The fraction of sp³-hybridized carbons (Fsp3) is 0.238. The van der Waals surface area contributed by atoms with E-state index in [4.69, 9.17) is 14.9 Å². The van der Waals surface area contributed by atoms with Crippen molar-refractivity contribution in [2.75, 3.05) is 5.32 Å². The quantitative estimate of drug-likeness (QED) is 0.371. The molecule has 8 heteroatoms. The van der Waals surface area contributed by atoms with Crippen molar-refractivity contribution in [2.24, 2.45) is 5.14 Å². The summed E-state index contributed by atoms with van der Waals surface area (Å²) in [5.41, 5.74) is 4.94. The standard InChI is InChI=1S/C21H23N5OS2/c1-4-26-12-23-16-9-14(5-7-19(16)26)18-11-28-21(25-18)24-17-10-15(29-22)6-8-20(17)27-13(2)3/h5-13H,4,22H2,1-3H3,(H,24,25). The number of hydrogen-bond donors (Lipinski definition) is 2. The van der Waals surface area contributed by atoms with Crippen LogP contribution in [0.15, 0.2) is 53.0 Å². The minimum Gasteiger partial charge on any atom is -0.489 e. The molecular weight excluding hydrogens is 402 g/mol. The van der Waals surface area contributed by atoms with Gasteiger partial charge in [-0.05, 0) is 63.1 Å². The molecule has 0 amide bonds. The molecule has 0 spiro atoms. The third-order valence-corrected chi connectivity index (χ3v) is 5.74. The van der Waals surface area contributed by atoms with Gasteiger partial charge in [0.05, 0.1) is 34.8 Å². The number of aromatic nitrogens is 3. The van der Waals surface area contributed by atoms with Gasteiger partial charge in [-0.1, -0.05) is 6.07 Å². The van der Waals surface area contributed by atoms with Crippen LogP contribution in [0.3, 0.4) is 0 Å². The fourth-order valence-electron chi connectivity index (χ4n) is 3.09. The summed E-state index contributed by atoms with van der Waals surface area (Å²) in [6, 6.07) is 12.1. The molecule has 0 saturated heterocycles. The molecular formula is C21H23N5OS2. The van der Waals surface area contributed by atoms with Gasteiger partial charge in [-0.15, -0.1) is 11.3 Å². The lowest BCUT2D eigenvalue weighted by Gasteiger charge is -2.15. The molecule has 0 atom stereocenters. The van der Waals surface area contributed by atoms with E-state index in [0.717, 1.165) is 50.3 Å². The van der Waals surface area contributed by atoms with Gasteiger partial charge in [0.2, 0.25) is 0 Å². The molecule has 0 radical (unpaired) electrons. The van der Waals surface area contributed by atoms with E-state index < -0.39 is 0 Å². The number of aryl methyl sites for hydroxylation is 1. The Morgan fingerprint density at radius 3 is 2.86 bits per heavy atom. The Morgan fingerprint density at radius 2 is 2.10 bits per heavy atom. The first-order valence-corrected chi connectivity index (χ1v) is 11.2. The van der Waals surface area contributed by atoms with Gasteiger partial charge in [-0.2, -0.15) is 0 Å². The summed E-state index contributed by atoms with van der Waals surface area (Å²) < 4.78 is 8.05. The molecule has 0 saturated carbocycles. The topological polar surface area (TPSA) is 78.0 Å². The molecule has 2 heterocycles. The van der Waals surface area contributed by atoms with Crippen molar-refractivity contribution in [3.8, 4) is 17.0 Å². The zero-order chi connectivity index (χ0) is 20.4. The molecule has 2 aromatic heterocycles. The summed E-state index contributed by atoms with van der Waals surface area (Å²) in [5, 5.41) is 12.0. The number of nitrogens with two attached hydrogens (primary N) is 1. The average molecular weight is 426 g/mol. The van der Waals surface area contributed by atoms with Crippen LogP contribution in [0.25, 0.3) is 22.3 Å². The SMILES string of the molecule is CCn1cnc2cc(-c3csc(Nc4cc(SN)ccc4OC(C)C)n3)ccc21. The van der Waals surface area contributed by atoms with E-state index in [0.29, 0.717) is 0 Å². The number of imidazole rings is 1. The number of nitrogens with zero attached hydrogens (tertiary/aromatic N) is 3. The Kier molecular flexibility index (Phi) is 5.75. The highest BCUT2D eigenvalue weighted by Gasteiger charge is 2.12. The van der Waals surface area contributed by atoms with E-state index >= 15 is 0 Å². The van der Waals surface area contributed by atoms with E-state index in [1.165, 1.54) is 11.9 Å². The molecule has 0 fully saturated rings. The number of anilines is 2. The maximum absolute atomic E-state index is 5.92. The maximum Gasteiger partial charge on any atom is 0.187 e. The van der Waals surface area contributed by atoms with Gasteiger partial charge in [0.25, 0.3) is 0 Å². The fourth-order valence-corrected chi connectivity index (χ4v) is 4.16. The van der Waals surface area contributed by atoms with Crippen LogP contribution in [-0.4, -0.2) is 20.6 Å². The summed E-state index contributed by atoms with van der Waals surface area (Å²) in [4.78, 5) is 10.2. The van der Waals surface area contributed by atoms with Crippen molar-refractivity contribution in [1.82, 2.24) is 14.5 Å². The first-order valence-electron chi connectivity index (χ1n) is 9.42. The summed E-state index contributed by atoms with van der Waals surface area (Å²) in [5.74, 6) is 0.779. The Bertz CT molecular complexity index is 1140. The predicted molar refractivity (Wildman–Crippen MR) is 122 cm³/mol.